The van der Waals surface area contributed by atoms with Crippen LogP contribution in [0.4, 0.5) is 18.9 Å². The number of halogens is 3. The maximum absolute atomic E-state index is 12.0. The van der Waals surface area contributed by atoms with Crippen LogP contribution >= 0.6 is 0 Å². The van der Waals surface area contributed by atoms with Crippen LogP contribution in [-0.2, 0) is 9.53 Å². The Kier molecular flexibility index (Phi) is 3.93. The molecule has 1 aromatic rings. The minimum atomic E-state index is -4.75. The lowest BCUT2D eigenvalue weighted by Crippen LogP contribution is -2.39. The van der Waals surface area contributed by atoms with Gasteiger partial charge in [-0.2, -0.15) is 0 Å². The number of benzene rings is 1. The van der Waals surface area contributed by atoms with Crippen molar-refractivity contribution >= 4 is 17.5 Å². The Labute approximate surface area is 112 Å². The van der Waals surface area contributed by atoms with Crippen molar-refractivity contribution in [1.82, 2.24) is 5.32 Å². The minimum absolute atomic E-state index is 0.241. The van der Waals surface area contributed by atoms with Crippen molar-refractivity contribution in [2.45, 2.75) is 6.36 Å². The van der Waals surface area contributed by atoms with E-state index in [-0.39, 0.29) is 24.3 Å². The summed E-state index contributed by atoms with van der Waals surface area (Å²) in [5.41, 5.74) is 0.517. The molecule has 0 saturated heterocycles. The molecule has 5 nitrogen and oxygen atoms in total. The summed E-state index contributed by atoms with van der Waals surface area (Å²) >= 11 is 0. The quantitative estimate of drug-likeness (QED) is 0.912. The Morgan fingerprint density at radius 3 is 2.65 bits per heavy atom. The first-order valence-corrected chi connectivity index (χ1v) is 5.77. The third kappa shape index (κ3) is 3.27. The van der Waals surface area contributed by atoms with Crippen LogP contribution in [0.3, 0.4) is 0 Å². The molecule has 0 atom stereocenters. The molecular weight excluding hydrogens is 277 g/mol. The van der Waals surface area contributed by atoms with Gasteiger partial charge < -0.3 is 10.2 Å². The van der Waals surface area contributed by atoms with Crippen molar-refractivity contribution in [2.24, 2.45) is 0 Å². The Bertz CT molecular complexity index is 531. The third-order valence-corrected chi connectivity index (χ3v) is 2.72. The summed E-state index contributed by atoms with van der Waals surface area (Å²) in [6, 6.07) is 6.22. The minimum Gasteiger partial charge on any atom is -0.343 e. The summed E-state index contributed by atoms with van der Waals surface area (Å²) in [6.07, 6.45) is -4.75. The number of anilines is 1. The first-order chi connectivity index (χ1) is 9.38. The second-order valence-electron chi connectivity index (χ2n) is 4.04. The highest BCUT2D eigenvalue weighted by molar-refractivity contribution is 6.09. The van der Waals surface area contributed by atoms with Crippen LogP contribution in [-0.4, -0.2) is 37.9 Å². The highest BCUT2D eigenvalue weighted by atomic mass is 19.4. The van der Waals surface area contributed by atoms with Crippen LogP contribution in [0.5, 0.6) is 0 Å². The Morgan fingerprint density at radius 1 is 1.25 bits per heavy atom. The summed E-state index contributed by atoms with van der Waals surface area (Å²) in [4.78, 5) is 24.7. The fourth-order valence-corrected chi connectivity index (χ4v) is 1.88. The molecule has 1 N–H and O–H groups in total. The third-order valence-electron chi connectivity index (χ3n) is 2.72. The highest BCUT2D eigenvalue weighted by Crippen LogP contribution is 2.23. The summed E-state index contributed by atoms with van der Waals surface area (Å²) in [7, 11) is 0. The largest absolute Gasteiger partial charge is 0.522 e. The summed E-state index contributed by atoms with van der Waals surface area (Å²) < 4.78 is 39.5. The normalized spacial score (nSPS) is 15.7. The van der Waals surface area contributed by atoms with Gasteiger partial charge in [0, 0.05) is 6.54 Å². The Hall–Kier alpha value is -2.09. The predicted octanol–water partition coefficient (Wildman–Crippen LogP) is 1.30. The number of nitrogens with zero attached hydrogens (tertiary/aromatic N) is 1. The van der Waals surface area contributed by atoms with Gasteiger partial charge in [-0.15, -0.1) is 13.2 Å². The molecule has 0 aromatic heterocycles. The van der Waals surface area contributed by atoms with Crippen LogP contribution in [0.25, 0.3) is 0 Å². The van der Waals surface area contributed by atoms with Gasteiger partial charge in [-0.25, -0.2) is 0 Å². The predicted molar refractivity (Wildman–Crippen MR) is 63.1 cm³/mol. The number of nitrogens with one attached hydrogen (secondary N) is 1. The van der Waals surface area contributed by atoms with Gasteiger partial charge in [0.05, 0.1) is 24.4 Å². The van der Waals surface area contributed by atoms with Crippen LogP contribution < -0.4 is 10.2 Å². The molecule has 0 saturated carbocycles. The van der Waals surface area contributed by atoms with Gasteiger partial charge in [-0.05, 0) is 12.1 Å². The maximum Gasteiger partial charge on any atom is 0.522 e. The number of ether oxygens (including phenoxy) is 1. The van der Waals surface area contributed by atoms with E-state index in [9.17, 15) is 22.8 Å². The van der Waals surface area contributed by atoms with Crippen LogP contribution in [0.2, 0.25) is 0 Å². The van der Waals surface area contributed by atoms with Gasteiger partial charge in [0.1, 0.15) is 0 Å². The lowest BCUT2D eigenvalue weighted by atomic mass is 10.1. The molecule has 2 rings (SSSR count). The molecule has 0 spiro atoms. The SMILES string of the molecule is O=C1NCC(=O)N(CCOC(F)(F)F)c2ccccc21. The zero-order valence-electron chi connectivity index (χ0n) is 10.2. The number of para-hydroxylation sites is 1. The van der Waals surface area contributed by atoms with E-state index in [4.69, 9.17) is 0 Å². The van der Waals surface area contributed by atoms with Gasteiger partial charge in [0.2, 0.25) is 5.91 Å². The molecule has 0 fully saturated rings. The molecule has 8 heteroatoms. The number of hydrogen-bond donors (Lipinski definition) is 1. The van der Waals surface area contributed by atoms with Gasteiger partial charge in [0.15, 0.2) is 0 Å². The number of fused-ring (bicyclic) bond motifs is 1. The van der Waals surface area contributed by atoms with Gasteiger partial charge >= 0.3 is 6.36 Å². The molecule has 0 unspecified atom stereocenters. The number of hydrogen-bond acceptors (Lipinski definition) is 3. The molecule has 0 bridgehead atoms. The van der Waals surface area contributed by atoms with Gasteiger partial charge in [-0.3, -0.25) is 14.3 Å². The molecule has 0 radical (unpaired) electrons. The van der Waals surface area contributed by atoms with Crippen LogP contribution in [0.1, 0.15) is 10.4 Å². The molecule has 20 heavy (non-hydrogen) atoms. The van der Waals surface area contributed by atoms with Crippen molar-refractivity contribution < 1.29 is 27.5 Å². The fraction of sp³-hybridized carbons (Fsp3) is 0.333. The van der Waals surface area contributed by atoms with E-state index >= 15 is 0 Å². The topological polar surface area (TPSA) is 58.6 Å². The van der Waals surface area contributed by atoms with Gasteiger partial charge in [0.25, 0.3) is 5.91 Å². The Balaban J connectivity index is 2.19. The van der Waals surface area contributed by atoms with Crippen molar-refractivity contribution in [2.75, 3.05) is 24.6 Å². The van der Waals surface area contributed by atoms with Crippen LogP contribution in [0.15, 0.2) is 24.3 Å². The molecule has 1 aliphatic rings. The van der Waals surface area contributed by atoms with Crippen molar-refractivity contribution in [3.63, 3.8) is 0 Å². The van der Waals surface area contributed by atoms with E-state index in [1.807, 2.05) is 0 Å². The van der Waals surface area contributed by atoms with Crippen molar-refractivity contribution in [1.29, 1.82) is 0 Å². The van der Waals surface area contributed by atoms with E-state index in [2.05, 4.69) is 10.1 Å². The van der Waals surface area contributed by atoms with E-state index in [0.29, 0.717) is 0 Å². The van der Waals surface area contributed by atoms with E-state index in [0.717, 1.165) is 4.90 Å². The molecule has 1 aromatic carbocycles. The zero-order valence-corrected chi connectivity index (χ0v) is 10.2. The van der Waals surface area contributed by atoms with E-state index in [1.165, 1.54) is 12.1 Å². The summed E-state index contributed by atoms with van der Waals surface area (Å²) in [5.74, 6) is -0.928. The number of rotatable bonds is 3. The average molecular weight is 288 g/mol. The first kappa shape index (κ1) is 14.3. The average Bonchev–Trinajstić information content (AvgIpc) is 2.50. The van der Waals surface area contributed by atoms with Gasteiger partial charge in [-0.1, -0.05) is 12.1 Å². The summed E-state index contributed by atoms with van der Waals surface area (Å²) in [6.45, 7) is -1.25. The monoisotopic (exact) mass is 288 g/mol. The maximum atomic E-state index is 12.0. The van der Waals surface area contributed by atoms with E-state index < -0.39 is 24.8 Å². The first-order valence-electron chi connectivity index (χ1n) is 5.77. The molecule has 1 aliphatic heterocycles. The molecule has 108 valence electrons. The molecular formula is C12H11F3N2O3. The van der Waals surface area contributed by atoms with Crippen molar-refractivity contribution in [3.8, 4) is 0 Å². The lowest BCUT2D eigenvalue weighted by molar-refractivity contribution is -0.323. The van der Waals surface area contributed by atoms with Crippen LogP contribution in [0, 0.1) is 0 Å². The summed E-state index contributed by atoms with van der Waals surface area (Å²) in [5, 5.41) is 2.39. The standard InChI is InChI=1S/C12H11F3N2O3/c13-12(14,15)20-6-5-17-9-4-2-1-3-8(9)11(19)16-7-10(17)18/h1-4H,5-7H2,(H,16,19). The molecule has 0 aliphatic carbocycles. The molecule has 1 heterocycles. The second-order valence-corrected chi connectivity index (χ2v) is 4.04. The van der Waals surface area contributed by atoms with Crippen molar-refractivity contribution in [3.05, 3.63) is 29.8 Å². The Morgan fingerprint density at radius 2 is 1.95 bits per heavy atom. The van der Waals surface area contributed by atoms with E-state index in [1.54, 1.807) is 12.1 Å². The second kappa shape index (κ2) is 5.49. The highest BCUT2D eigenvalue weighted by Gasteiger charge is 2.31. The number of alkyl halides is 3. The fourth-order valence-electron chi connectivity index (χ4n) is 1.88. The zero-order chi connectivity index (χ0) is 14.8. The smallest absolute Gasteiger partial charge is 0.343 e. The molecule has 2 amide bonds. The number of carbonyl (C=O) groups is 2. The lowest BCUT2D eigenvalue weighted by Gasteiger charge is -2.22. The number of carbonyl (C=O) groups excluding carboxylic acids is 2. The number of amides is 2.